The Hall–Kier alpha value is -2.07. The molecule has 22 heavy (non-hydrogen) atoms. The first-order valence-corrected chi connectivity index (χ1v) is 7.87. The molecule has 116 valence electrons. The van der Waals surface area contributed by atoms with Crippen LogP contribution in [-0.2, 0) is 6.54 Å². The summed E-state index contributed by atoms with van der Waals surface area (Å²) >= 11 is 0. The number of rotatable bonds is 6. The van der Waals surface area contributed by atoms with Crippen molar-refractivity contribution in [3.05, 3.63) is 54.4 Å². The highest BCUT2D eigenvalue weighted by atomic mass is 16.5. The molecule has 1 aromatic heterocycles. The highest BCUT2D eigenvalue weighted by Gasteiger charge is 2.14. The first-order valence-electron chi connectivity index (χ1n) is 7.87. The summed E-state index contributed by atoms with van der Waals surface area (Å²) in [5.41, 5.74) is 2.35. The van der Waals surface area contributed by atoms with E-state index in [2.05, 4.69) is 52.6 Å². The molecule has 0 saturated carbocycles. The maximum Gasteiger partial charge on any atom is 0.139 e. The zero-order valence-corrected chi connectivity index (χ0v) is 13.0. The van der Waals surface area contributed by atoms with Crippen LogP contribution in [0.2, 0.25) is 0 Å². The van der Waals surface area contributed by atoms with Crippen LogP contribution in [0.4, 0.5) is 5.69 Å². The Morgan fingerprint density at radius 3 is 2.91 bits per heavy atom. The lowest BCUT2D eigenvalue weighted by Gasteiger charge is -2.20. The minimum atomic E-state index is 0.478. The van der Waals surface area contributed by atoms with Gasteiger partial charge in [0, 0.05) is 25.7 Å². The summed E-state index contributed by atoms with van der Waals surface area (Å²) in [4.78, 5) is 6.49. The van der Waals surface area contributed by atoms with Crippen molar-refractivity contribution in [3.8, 4) is 5.75 Å². The lowest BCUT2D eigenvalue weighted by molar-refractivity contribution is 0.276. The van der Waals surface area contributed by atoms with Crippen LogP contribution in [0.25, 0.3) is 0 Å². The molecule has 0 bridgehead atoms. The molecule has 1 aliphatic rings. The van der Waals surface area contributed by atoms with Gasteiger partial charge < -0.3 is 15.0 Å². The number of hydrogen-bond acceptors (Lipinski definition) is 4. The Labute approximate surface area is 132 Å². The van der Waals surface area contributed by atoms with Gasteiger partial charge in [-0.3, -0.25) is 4.98 Å². The van der Waals surface area contributed by atoms with E-state index in [0.717, 1.165) is 24.5 Å². The summed E-state index contributed by atoms with van der Waals surface area (Å²) in [6.07, 6.45) is 6.10. The SMILES string of the molecule is CN(Cc1ccccc1)c1cncc(OC[C@@H]2CCCN2)c1. The first kappa shape index (κ1) is 14.9. The molecule has 0 spiro atoms. The van der Waals surface area contributed by atoms with Crippen LogP contribution in [0.5, 0.6) is 5.75 Å². The molecular formula is C18H23N3O. The number of nitrogens with zero attached hydrogens (tertiary/aromatic N) is 2. The van der Waals surface area contributed by atoms with Gasteiger partial charge in [0.25, 0.3) is 0 Å². The van der Waals surface area contributed by atoms with E-state index in [1.165, 1.54) is 18.4 Å². The topological polar surface area (TPSA) is 37.4 Å². The molecule has 1 saturated heterocycles. The van der Waals surface area contributed by atoms with E-state index in [1.807, 2.05) is 12.3 Å². The first-order chi connectivity index (χ1) is 10.8. The van der Waals surface area contributed by atoms with Crippen LogP contribution < -0.4 is 15.0 Å². The third-order valence-electron chi connectivity index (χ3n) is 4.02. The fourth-order valence-electron chi connectivity index (χ4n) is 2.74. The van der Waals surface area contributed by atoms with Gasteiger partial charge in [-0.2, -0.15) is 0 Å². The molecule has 0 amide bonds. The van der Waals surface area contributed by atoms with E-state index in [9.17, 15) is 0 Å². The summed E-state index contributed by atoms with van der Waals surface area (Å²) in [5, 5.41) is 3.44. The largest absolute Gasteiger partial charge is 0.490 e. The summed E-state index contributed by atoms with van der Waals surface area (Å²) in [6.45, 7) is 2.68. The molecule has 1 aliphatic heterocycles. The third-order valence-corrected chi connectivity index (χ3v) is 4.02. The minimum absolute atomic E-state index is 0.478. The fourth-order valence-corrected chi connectivity index (χ4v) is 2.74. The molecule has 4 heteroatoms. The van der Waals surface area contributed by atoms with Gasteiger partial charge in [0.15, 0.2) is 0 Å². The highest BCUT2D eigenvalue weighted by Crippen LogP contribution is 2.20. The molecule has 0 aliphatic carbocycles. The average Bonchev–Trinajstić information content (AvgIpc) is 3.08. The molecule has 2 heterocycles. The van der Waals surface area contributed by atoms with Gasteiger partial charge in [-0.25, -0.2) is 0 Å². The standard InChI is InChI=1S/C18H23N3O/c1-21(13-15-6-3-2-4-7-15)17-10-18(12-19-11-17)22-14-16-8-5-9-20-16/h2-4,6-7,10-12,16,20H,5,8-9,13-14H2,1H3/t16-/m0/s1. The number of benzene rings is 1. The number of anilines is 1. The van der Waals surface area contributed by atoms with Gasteiger partial charge in [0.2, 0.25) is 0 Å². The third kappa shape index (κ3) is 3.98. The van der Waals surface area contributed by atoms with Gasteiger partial charge in [-0.15, -0.1) is 0 Å². The number of nitrogens with one attached hydrogen (secondary N) is 1. The van der Waals surface area contributed by atoms with Gasteiger partial charge >= 0.3 is 0 Å². The van der Waals surface area contributed by atoms with E-state index in [4.69, 9.17) is 4.74 Å². The van der Waals surface area contributed by atoms with E-state index in [0.29, 0.717) is 12.6 Å². The number of ether oxygens (including phenoxy) is 1. The van der Waals surface area contributed by atoms with E-state index in [1.54, 1.807) is 6.20 Å². The molecular weight excluding hydrogens is 274 g/mol. The molecule has 1 aromatic carbocycles. The van der Waals surface area contributed by atoms with Crippen molar-refractivity contribution in [3.63, 3.8) is 0 Å². The maximum atomic E-state index is 5.88. The fraction of sp³-hybridized carbons (Fsp3) is 0.389. The molecule has 1 fully saturated rings. The molecule has 1 atom stereocenters. The second-order valence-corrected chi connectivity index (χ2v) is 5.82. The van der Waals surface area contributed by atoms with Crippen LogP contribution in [0.15, 0.2) is 48.8 Å². The van der Waals surface area contributed by atoms with Crippen LogP contribution in [0, 0.1) is 0 Å². The minimum Gasteiger partial charge on any atom is -0.490 e. The molecule has 4 nitrogen and oxygen atoms in total. The predicted octanol–water partition coefficient (Wildman–Crippen LogP) is 2.85. The van der Waals surface area contributed by atoms with Crippen molar-refractivity contribution in [1.82, 2.24) is 10.3 Å². The van der Waals surface area contributed by atoms with Crippen LogP contribution in [-0.4, -0.2) is 31.2 Å². The summed E-state index contributed by atoms with van der Waals surface area (Å²) in [7, 11) is 2.08. The number of pyridine rings is 1. The van der Waals surface area contributed by atoms with Gasteiger partial charge in [-0.1, -0.05) is 30.3 Å². The molecule has 0 radical (unpaired) electrons. The van der Waals surface area contributed by atoms with Crippen LogP contribution in [0.3, 0.4) is 0 Å². The van der Waals surface area contributed by atoms with E-state index in [-0.39, 0.29) is 0 Å². The van der Waals surface area contributed by atoms with Gasteiger partial charge in [0.1, 0.15) is 12.4 Å². The lowest BCUT2D eigenvalue weighted by atomic mass is 10.2. The van der Waals surface area contributed by atoms with Crippen molar-refractivity contribution >= 4 is 5.69 Å². The predicted molar refractivity (Wildman–Crippen MR) is 89.3 cm³/mol. The zero-order chi connectivity index (χ0) is 15.2. The highest BCUT2D eigenvalue weighted by molar-refractivity contribution is 5.47. The Balaban J connectivity index is 1.60. The van der Waals surface area contributed by atoms with Gasteiger partial charge in [-0.05, 0) is 24.9 Å². The molecule has 3 rings (SSSR count). The quantitative estimate of drug-likeness (QED) is 0.889. The monoisotopic (exact) mass is 297 g/mol. The second kappa shape index (κ2) is 7.27. The Morgan fingerprint density at radius 2 is 2.14 bits per heavy atom. The van der Waals surface area contributed by atoms with E-state index >= 15 is 0 Å². The van der Waals surface area contributed by atoms with Crippen LogP contribution >= 0.6 is 0 Å². The van der Waals surface area contributed by atoms with Gasteiger partial charge in [0.05, 0.1) is 18.1 Å². The average molecular weight is 297 g/mol. The summed E-state index contributed by atoms with van der Waals surface area (Å²) in [5.74, 6) is 0.839. The van der Waals surface area contributed by atoms with Crippen molar-refractivity contribution in [2.75, 3.05) is 25.1 Å². The summed E-state index contributed by atoms with van der Waals surface area (Å²) in [6, 6.07) is 13.0. The van der Waals surface area contributed by atoms with Crippen molar-refractivity contribution < 1.29 is 4.74 Å². The Kier molecular flexibility index (Phi) is 4.91. The van der Waals surface area contributed by atoms with Crippen molar-refractivity contribution in [2.45, 2.75) is 25.4 Å². The Morgan fingerprint density at radius 1 is 1.27 bits per heavy atom. The van der Waals surface area contributed by atoms with Crippen molar-refractivity contribution in [1.29, 1.82) is 0 Å². The lowest BCUT2D eigenvalue weighted by Crippen LogP contribution is -2.28. The zero-order valence-electron chi connectivity index (χ0n) is 13.0. The second-order valence-electron chi connectivity index (χ2n) is 5.82. The van der Waals surface area contributed by atoms with E-state index < -0.39 is 0 Å². The summed E-state index contributed by atoms with van der Waals surface area (Å²) < 4.78 is 5.88. The molecule has 2 aromatic rings. The smallest absolute Gasteiger partial charge is 0.139 e. The van der Waals surface area contributed by atoms with Crippen molar-refractivity contribution in [2.24, 2.45) is 0 Å². The molecule has 1 N–H and O–H groups in total. The number of aromatic nitrogens is 1. The molecule has 0 unspecified atom stereocenters. The normalized spacial score (nSPS) is 17.4. The Bertz CT molecular complexity index is 582. The number of hydrogen-bond donors (Lipinski definition) is 1. The van der Waals surface area contributed by atoms with Crippen LogP contribution in [0.1, 0.15) is 18.4 Å². The maximum absolute atomic E-state index is 5.88.